The van der Waals surface area contributed by atoms with Crippen LogP contribution >= 0.6 is 0 Å². The maximum Gasteiger partial charge on any atom is 0.326 e. The zero-order valence-electron chi connectivity index (χ0n) is 17.1. The summed E-state index contributed by atoms with van der Waals surface area (Å²) < 4.78 is 34.2. The number of H-pyrrole nitrogens is 2. The molecule has 1 aliphatic rings. The lowest BCUT2D eigenvalue weighted by molar-refractivity contribution is 0.240. The van der Waals surface area contributed by atoms with Gasteiger partial charge in [0.2, 0.25) is 10.0 Å². The average Bonchev–Trinajstić information content (AvgIpc) is 3.28. The highest BCUT2D eigenvalue weighted by molar-refractivity contribution is 7.89. The summed E-state index contributed by atoms with van der Waals surface area (Å²) in [6.45, 7) is 1.91. The van der Waals surface area contributed by atoms with Crippen molar-refractivity contribution in [3.05, 3.63) is 68.9 Å². The Morgan fingerprint density at radius 3 is 2.58 bits per heavy atom. The van der Waals surface area contributed by atoms with Gasteiger partial charge in [0, 0.05) is 12.1 Å². The molecule has 0 saturated carbocycles. The monoisotopic (exact) mass is 444 g/mol. The Hall–Kier alpha value is -2.95. The summed E-state index contributed by atoms with van der Waals surface area (Å²) in [5.41, 5.74) is -0.0879. The molecule has 0 amide bonds. The van der Waals surface area contributed by atoms with Gasteiger partial charge in [0.05, 0.1) is 29.0 Å². The fourth-order valence-corrected chi connectivity index (χ4v) is 5.08. The minimum absolute atomic E-state index is 0.0438. The number of rotatable bonds is 7. The van der Waals surface area contributed by atoms with Crippen molar-refractivity contribution in [3.8, 4) is 5.75 Å². The molecule has 2 aromatic carbocycles. The summed E-state index contributed by atoms with van der Waals surface area (Å²) in [5, 5.41) is 0.100. The number of sulfonamides is 1. The molecule has 9 nitrogen and oxygen atoms in total. The first-order valence-corrected chi connectivity index (χ1v) is 11.5. The van der Waals surface area contributed by atoms with Crippen LogP contribution in [-0.2, 0) is 10.0 Å². The topological polar surface area (TPSA) is 124 Å². The maximum atomic E-state index is 13.0. The number of para-hydroxylation sites is 1. The van der Waals surface area contributed by atoms with Crippen molar-refractivity contribution in [2.45, 2.75) is 23.8 Å². The fourth-order valence-electron chi connectivity index (χ4n) is 4.01. The Morgan fingerprint density at radius 2 is 1.84 bits per heavy atom. The van der Waals surface area contributed by atoms with Crippen LogP contribution in [0.25, 0.3) is 10.9 Å². The van der Waals surface area contributed by atoms with Gasteiger partial charge in [0.1, 0.15) is 5.75 Å². The number of aromatic amines is 2. The van der Waals surface area contributed by atoms with Gasteiger partial charge in [-0.1, -0.05) is 18.2 Å². The van der Waals surface area contributed by atoms with Crippen LogP contribution in [0.3, 0.4) is 0 Å². The van der Waals surface area contributed by atoms with Crippen LogP contribution in [0.1, 0.15) is 24.4 Å². The van der Waals surface area contributed by atoms with E-state index in [2.05, 4.69) is 19.6 Å². The molecule has 0 aliphatic carbocycles. The van der Waals surface area contributed by atoms with Gasteiger partial charge in [-0.15, -0.1) is 0 Å². The minimum Gasteiger partial charge on any atom is -0.496 e. The van der Waals surface area contributed by atoms with Gasteiger partial charge in [0.15, 0.2) is 0 Å². The first-order valence-electron chi connectivity index (χ1n) is 10.0. The number of aromatic nitrogens is 2. The number of nitrogens with zero attached hydrogens (tertiary/aromatic N) is 1. The van der Waals surface area contributed by atoms with E-state index in [0.717, 1.165) is 31.5 Å². The molecule has 3 aromatic rings. The highest BCUT2D eigenvalue weighted by Gasteiger charge is 2.27. The fraction of sp³-hybridized carbons (Fsp3) is 0.333. The molecule has 164 valence electrons. The van der Waals surface area contributed by atoms with Crippen molar-refractivity contribution < 1.29 is 13.2 Å². The minimum atomic E-state index is -3.89. The van der Waals surface area contributed by atoms with Crippen LogP contribution < -0.4 is 20.7 Å². The number of hydrogen-bond donors (Lipinski definition) is 3. The molecule has 0 spiro atoms. The molecule has 1 fully saturated rings. The van der Waals surface area contributed by atoms with Crippen LogP contribution in [0.4, 0.5) is 0 Å². The highest BCUT2D eigenvalue weighted by Crippen LogP contribution is 2.31. The number of nitrogens with one attached hydrogen (secondary N) is 3. The van der Waals surface area contributed by atoms with Crippen LogP contribution in [0.15, 0.2) is 56.9 Å². The molecular formula is C21H24N4O5S. The van der Waals surface area contributed by atoms with E-state index in [1.165, 1.54) is 18.2 Å². The first-order chi connectivity index (χ1) is 14.9. The van der Waals surface area contributed by atoms with Crippen LogP contribution in [0.5, 0.6) is 5.75 Å². The van der Waals surface area contributed by atoms with E-state index in [0.29, 0.717) is 5.75 Å². The molecule has 4 rings (SSSR count). The largest absolute Gasteiger partial charge is 0.496 e. The highest BCUT2D eigenvalue weighted by atomic mass is 32.2. The van der Waals surface area contributed by atoms with E-state index in [4.69, 9.17) is 4.74 Å². The van der Waals surface area contributed by atoms with E-state index in [1.807, 2.05) is 24.3 Å². The average molecular weight is 445 g/mol. The van der Waals surface area contributed by atoms with E-state index < -0.39 is 21.3 Å². The number of likely N-dealkylation sites (tertiary alicyclic amines) is 1. The molecule has 1 unspecified atom stereocenters. The third-order valence-electron chi connectivity index (χ3n) is 5.57. The molecule has 1 aliphatic heterocycles. The zero-order valence-corrected chi connectivity index (χ0v) is 17.9. The Bertz CT molecular complexity index is 1310. The number of ether oxygens (including phenoxy) is 1. The van der Waals surface area contributed by atoms with Crippen molar-refractivity contribution in [3.63, 3.8) is 0 Å². The van der Waals surface area contributed by atoms with Crippen molar-refractivity contribution >= 4 is 20.9 Å². The van der Waals surface area contributed by atoms with Gasteiger partial charge in [-0.3, -0.25) is 14.7 Å². The molecule has 1 atom stereocenters. The summed E-state index contributed by atoms with van der Waals surface area (Å²) in [6, 6.07) is 11.5. The van der Waals surface area contributed by atoms with E-state index >= 15 is 0 Å². The maximum absolute atomic E-state index is 13.0. The van der Waals surface area contributed by atoms with E-state index in [-0.39, 0.29) is 28.4 Å². The number of methoxy groups -OCH3 is 1. The lowest BCUT2D eigenvalue weighted by atomic mass is 10.0. The molecule has 3 N–H and O–H groups in total. The Morgan fingerprint density at radius 1 is 1.10 bits per heavy atom. The third kappa shape index (κ3) is 4.41. The smallest absolute Gasteiger partial charge is 0.326 e. The summed E-state index contributed by atoms with van der Waals surface area (Å²) >= 11 is 0. The van der Waals surface area contributed by atoms with Crippen molar-refractivity contribution in [2.75, 3.05) is 26.7 Å². The SMILES string of the molecule is COc1ccccc1C(CNS(=O)(=O)c1ccc2[nH]c(=O)[nH]c(=O)c2c1)N1CCCC1. The normalized spacial score (nSPS) is 15.9. The predicted molar refractivity (Wildman–Crippen MR) is 117 cm³/mol. The second kappa shape index (κ2) is 8.66. The lowest BCUT2D eigenvalue weighted by Gasteiger charge is -2.29. The molecule has 10 heteroatoms. The zero-order chi connectivity index (χ0) is 22.0. The summed E-state index contributed by atoms with van der Waals surface area (Å²) in [7, 11) is -2.29. The molecule has 0 bridgehead atoms. The van der Waals surface area contributed by atoms with Gasteiger partial charge in [0.25, 0.3) is 5.56 Å². The van der Waals surface area contributed by atoms with Crippen molar-refractivity contribution in [1.82, 2.24) is 19.6 Å². The van der Waals surface area contributed by atoms with Gasteiger partial charge in [-0.05, 0) is 50.2 Å². The third-order valence-corrected chi connectivity index (χ3v) is 6.99. The summed E-state index contributed by atoms with van der Waals surface area (Å²) in [6.07, 6.45) is 2.12. The first kappa shape index (κ1) is 21.3. The Kier molecular flexibility index (Phi) is 5.94. The lowest BCUT2D eigenvalue weighted by Crippen LogP contribution is -2.37. The summed E-state index contributed by atoms with van der Waals surface area (Å²) in [4.78, 5) is 30.3. The quantitative estimate of drug-likeness (QED) is 0.505. The summed E-state index contributed by atoms with van der Waals surface area (Å²) in [5.74, 6) is 0.708. The molecule has 1 aromatic heterocycles. The molecule has 2 heterocycles. The number of benzene rings is 2. The van der Waals surface area contributed by atoms with Crippen LogP contribution in [0, 0.1) is 0 Å². The van der Waals surface area contributed by atoms with Gasteiger partial charge in [-0.2, -0.15) is 0 Å². The molecule has 0 radical (unpaired) electrons. The van der Waals surface area contributed by atoms with Gasteiger partial charge in [-0.25, -0.2) is 17.9 Å². The number of fused-ring (bicyclic) bond motifs is 1. The van der Waals surface area contributed by atoms with Crippen molar-refractivity contribution in [2.24, 2.45) is 0 Å². The predicted octanol–water partition coefficient (Wildman–Crippen LogP) is 1.34. The van der Waals surface area contributed by atoms with Crippen LogP contribution in [-0.4, -0.2) is 50.0 Å². The Balaban J connectivity index is 1.64. The molecule has 31 heavy (non-hydrogen) atoms. The van der Waals surface area contributed by atoms with E-state index in [9.17, 15) is 18.0 Å². The number of hydrogen-bond acceptors (Lipinski definition) is 6. The van der Waals surface area contributed by atoms with Gasteiger partial charge >= 0.3 is 5.69 Å². The standard InChI is InChI=1S/C21H24N4O5S/c1-30-19-7-3-2-6-15(19)18(25-10-4-5-11-25)13-22-31(28,29)14-8-9-17-16(12-14)20(26)24-21(27)23-17/h2-3,6-9,12,18,22H,4-5,10-11,13H2,1H3,(H2,23,24,26,27). The molecule has 1 saturated heterocycles. The Labute approximate surface area is 179 Å². The second-order valence-electron chi connectivity index (χ2n) is 7.47. The van der Waals surface area contributed by atoms with Crippen molar-refractivity contribution in [1.29, 1.82) is 0 Å². The van der Waals surface area contributed by atoms with E-state index in [1.54, 1.807) is 7.11 Å². The second-order valence-corrected chi connectivity index (χ2v) is 9.24. The molecular weight excluding hydrogens is 420 g/mol. The van der Waals surface area contributed by atoms with Crippen LogP contribution in [0.2, 0.25) is 0 Å². The van der Waals surface area contributed by atoms with Gasteiger partial charge < -0.3 is 9.72 Å².